The van der Waals surface area contributed by atoms with Crippen LogP contribution in [0.2, 0.25) is 0 Å². The second-order valence-corrected chi connectivity index (χ2v) is 7.85. The highest BCUT2D eigenvalue weighted by Gasteiger charge is 2.48. The fourth-order valence-electron chi connectivity index (χ4n) is 4.04. The van der Waals surface area contributed by atoms with E-state index in [0.717, 1.165) is 12.8 Å². The van der Waals surface area contributed by atoms with E-state index in [-0.39, 0.29) is 24.5 Å². The second-order valence-electron chi connectivity index (χ2n) is 7.85. The normalized spacial score (nSPS) is 24.0. The van der Waals surface area contributed by atoms with Crippen LogP contribution in [0.25, 0.3) is 0 Å². The van der Waals surface area contributed by atoms with Crippen LogP contribution in [0, 0.1) is 11.3 Å². The van der Waals surface area contributed by atoms with Gasteiger partial charge in [0, 0.05) is 30.9 Å². The summed E-state index contributed by atoms with van der Waals surface area (Å²) in [5, 5.41) is 9.66. The van der Waals surface area contributed by atoms with Crippen molar-refractivity contribution in [3.05, 3.63) is 23.9 Å². The summed E-state index contributed by atoms with van der Waals surface area (Å²) in [6.07, 6.45) is 7.91. The first-order valence-electron chi connectivity index (χ1n) is 9.58. The molecular weight excluding hydrogens is 332 g/mol. The molecule has 1 aliphatic heterocycles. The number of ether oxygens (including phenoxy) is 1. The molecule has 2 heterocycles. The lowest BCUT2D eigenvalue weighted by molar-refractivity contribution is -0.150. The summed E-state index contributed by atoms with van der Waals surface area (Å²) in [4.78, 5) is 30.5. The molecule has 1 aromatic rings. The summed E-state index contributed by atoms with van der Waals surface area (Å²) < 4.78 is 5.95. The Morgan fingerprint density at radius 1 is 1.31 bits per heavy atom. The molecule has 1 saturated carbocycles. The number of hydrogen-bond acceptors (Lipinski definition) is 4. The molecule has 6 nitrogen and oxygen atoms in total. The van der Waals surface area contributed by atoms with Crippen molar-refractivity contribution in [3.8, 4) is 5.88 Å². The molecular formula is C20H28N2O4. The number of nitrogens with zero attached hydrogens (tertiary/aromatic N) is 2. The number of carbonyl (C=O) groups is 2. The van der Waals surface area contributed by atoms with Gasteiger partial charge < -0.3 is 14.7 Å². The molecule has 142 valence electrons. The molecule has 0 spiro atoms. The molecule has 1 amide bonds. The summed E-state index contributed by atoms with van der Waals surface area (Å²) in [6, 6.07) is 3.36. The van der Waals surface area contributed by atoms with Gasteiger partial charge in [-0.3, -0.25) is 9.59 Å². The van der Waals surface area contributed by atoms with E-state index >= 15 is 0 Å². The maximum absolute atomic E-state index is 12.9. The first kappa shape index (κ1) is 18.7. The van der Waals surface area contributed by atoms with Gasteiger partial charge in [-0.15, -0.1) is 0 Å². The van der Waals surface area contributed by atoms with Crippen LogP contribution in [0.5, 0.6) is 5.88 Å². The Kier molecular flexibility index (Phi) is 5.49. The number of carboxylic acids is 1. The van der Waals surface area contributed by atoms with E-state index in [0.29, 0.717) is 24.4 Å². The number of pyridine rings is 1. The number of aliphatic carboxylic acids is 1. The summed E-state index contributed by atoms with van der Waals surface area (Å²) in [6.45, 7) is 4.53. The molecule has 2 aliphatic rings. The molecule has 1 aromatic heterocycles. The summed E-state index contributed by atoms with van der Waals surface area (Å²) in [7, 11) is 0. The van der Waals surface area contributed by atoms with Crippen LogP contribution in [0.1, 0.15) is 62.7 Å². The van der Waals surface area contributed by atoms with Crippen molar-refractivity contribution in [3.63, 3.8) is 0 Å². The van der Waals surface area contributed by atoms with E-state index < -0.39 is 11.4 Å². The molecule has 1 N–H and O–H groups in total. The van der Waals surface area contributed by atoms with Crippen molar-refractivity contribution in [2.45, 2.75) is 58.5 Å². The number of carbonyl (C=O) groups excluding carboxylic acids is 1. The Morgan fingerprint density at radius 2 is 2.04 bits per heavy atom. The zero-order valence-corrected chi connectivity index (χ0v) is 15.6. The summed E-state index contributed by atoms with van der Waals surface area (Å²) in [5.74, 6) is -0.515. The first-order valence-corrected chi connectivity index (χ1v) is 9.58. The largest absolute Gasteiger partial charge is 0.481 e. The minimum atomic E-state index is -0.857. The number of carboxylic acid groups (broad SMARTS) is 1. The standard InChI is InChI=1S/C20H28N2O4/c1-14(2)20(19(24)25)9-11-22(13-20)18(23)15-8-10-21-17(12-15)26-16-6-4-3-5-7-16/h8,10,12,14,16H,3-7,9,11,13H2,1-2H3,(H,24,25). The lowest BCUT2D eigenvalue weighted by Crippen LogP contribution is -2.40. The maximum atomic E-state index is 12.9. The van der Waals surface area contributed by atoms with Gasteiger partial charge in [0.25, 0.3) is 5.91 Å². The summed E-state index contributed by atoms with van der Waals surface area (Å²) in [5.41, 5.74) is -0.347. The molecule has 6 heteroatoms. The third-order valence-corrected chi connectivity index (χ3v) is 5.94. The molecule has 26 heavy (non-hydrogen) atoms. The van der Waals surface area contributed by atoms with E-state index in [1.807, 2.05) is 13.8 Å². The Hall–Kier alpha value is -2.11. The molecule has 1 atom stereocenters. The van der Waals surface area contributed by atoms with Crippen molar-refractivity contribution >= 4 is 11.9 Å². The van der Waals surface area contributed by atoms with Gasteiger partial charge in [0.05, 0.1) is 5.41 Å². The lowest BCUT2D eigenvalue weighted by atomic mass is 9.76. The molecule has 0 bridgehead atoms. The Balaban J connectivity index is 1.70. The molecule has 1 saturated heterocycles. The van der Waals surface area contributed by atoms with Crippen LogP contribution in [-0.4, -0.2) is 46.1 Å². The SMILES string of the molecule is CC(C)C1(C(=O)O)CCN(C(=O)c2ccnc(OC3CCCCC3)c2)C1. The molecule has 1 unspecified atom stereocenters. The Bertz CT molecular complexity index is 670. The van der Waals surface area contributed by atoms with Crippen molar-refractivity contribution in [1.29, 1.82) is 0 Å². The van der Waals surface area contributed by atoms with Gasteiger partial charge in [0.2, 0.25) is 5.88 Å². The average Bonchev–Trinajstić information content (AvgIpc) is 3.09. The third-order valence-electron chi connectivity index (χ3n) is 5.94. The zero-order valence-electron chi connectivity index (χ0n) is 15.6. The van der Waals surface area contributed by atoms with Gasteiger partial charge in [0.15, 0.2) is 0 Å². The Labute approximate surface area is 154 Å². The predicted molar refractivity (Wildman–Crippen MR) is 97.2 cm³/mol. The molecule has 3 rings (SSSR count). The summed E-state index contributed by atoms with van der Waals surface area (Å²) >= 11 is 0. The highest BCUT2D eigenvalue weighted by molar-refractivity contribution is 5.95. The number of rotatable bonds is 5. The minimum absolute atomic E-state index is 0.0274. The van der Waals surface area contributed by atoms with Crippen molar-refractivity contribution < 1.29 is 19.4 Å². The molecule has 0 aromatic carbocycles. The van der Waals surface area contributed by atoms with E-state index in [1.165, 1.54) is 19.3 Å². The van der Waals surface area contributed by atoms with Crippen molar-refractivity contribution in [2.75, 3.05) is 13.1 Å². The molecule has 1 aliphatic carbocycles. The predicted octanol–water partition coefficient (Wildman–Crippen LogP) is 3.37. The third kappa shape index (κ3) is 3.69. The van der Waals surface area contributed by atoms with Gasteiger partial charge >= 0.3 is 5.97 Å². The van der Waals surface area contributed by atoms with Crippen molar-refractivity contribution in [2.24, 2.45) is 11.3 Å². The number of amides is 1. The fourth-order valence-corrected chi connectivity index (χ4v) is 4.04. The van der Waals surface area contributed by atoms with Crippen LogP contribution in [0.4, 0.5) is 0 Å². The van der Waals surface area contributed by atoms with Crippen LogP contribution in [-0.2, 0) is 4.79 Å². The number of likely N-dealkylation sites (tertiary alicyclic amines) is 1. The molecule has 2 fully saturated rings. The van der Waals surface area contributed by atoms with Gasteiger partial charge in [-0.2, -0.15) is 0 Å². The van der Waals surface area contributed by atoms with Crippen LogP contribution in [0.3, 0.4) is 0 Å². The van der Waals surface area contributed by atoms with E-state index in [2.05, 4.69) is 4.98 Å². The highest BCUT2D eigenvalue weighted by Crippen LogP contribution is 2.38. The minimum Gasteiger partial charge on any atom is -0.481 e. The van der Waals surface area contributed by atoms with Crippen molar-refractivity contribution in [1.82, 2.24) is 9.88 Å². The van der Waals surface area contributed by atoms with Gasteiger partial charge in [-0.1, -0.05) is 20.3 Å². The van der Waals surface area contributed by atoms with Gasteiger partial charge in [-0.25, -0.2) is 4.98 Å². The fraction of sp³-hybridized carbons (Fsp3) is 0.650. The van der Waals surface area contributed by atoms with Crippen LogP contribution in [0.15, 0.2) is 18.3 Å². The van der Waals surface area contributed by atoms with E-state index in [4.69, 9.17) is 4.74 Å². The zero-order chi connectivity index (χ0) is 18.7. The topological polar surface area (TPSA) is 79.7 Å². The lowest BCUT2D eigenvalue weighted by Gasteiger charge is -2.28. The Morgan fingerprint density at radius 3 is 2.65 bits per heavy atom. The van der Waals surface area contributed by atoms with E-state index in [9.17, 15) is 14.7 Å². The number of hydrogen-bond donors (Lipinski definition) is 1. The van der Waals surface area contributed by atoms with Gasteiger partial charge in [-0.05, 0) is 44.1 Å². The average molecular weight is 360 g/mol. The van der Waals surface area contributed by atoms with Crippen LogP contribution < -0.4 is 4.74 Å². The highest BCUT2D eigenvalue weighted by atomic mass is 16.5. The maximum Gasteiger partial charge on any atom is 0.311 e. The van der Waals surface area contributed by atoms with E-state index in [1.54, 1.807) is 23.2 Å². The monoisotopic (exact) mass is 360 g/mol. The first-order chi connectivity index (χ1) is 12.4. The smallest absolute Gasteiger partial charge is 0.311 e. The van der Waals surface area contributed by atoms with Crippen LogP contribution >= 0.6 is 0 Å². The second kappa shape index (κ2) is 7.64. The number of aromatic nitrogens is 1. The molecule has 0 radical (unpaired) electrons. The quantitative estimate of drug-likeness (QED) is 0.871. The van der Waals surface area contributed by atoms with Gasteiger partial charge in [0.1, 0.15) is 6.10 Å².